The van der Waals surface area contributed by atoms with Crippen LogP contribution in [0.4, 0.5) is 0 Å². The quantitative estimate of drug-likeness (QED) is 0.152. The summed E-state index contributed by atoms with van der Waals surface area (Å²) in [5.74, 6) is 0. The van der Waals surface area contributed by atoms with Crippen LogP contribution in [0.25, 0.3) is 154 Å². The first kappa shape index (κ1) is 48.7. The Morgan fingerprint density at radius 2 is 0.419 bits per heavy atom. The lowest BCUT2D eigenvalue weighted by Crippen LogP contribution is -2.17. The van der Waals surface area contributed by atoms with Gasteiger partial charge in [-0.05, 0) is 46.5 Å². The number of benzene rings is 13. The molecular formula is C80H48N6. The summed E-state index contributed by atoms with van der Waals surface area (Å²) in [5, 5.41) is 34.1. The molecule has 6 nitrogen and oxygen atoms in total. The highest BCUT2D eigenvalue weighted by Crippen LogP contribution is 2.52. The molecule has 86 heavy (non-hydrogen) atoms. The van der Waals surface area contributed by atoms with Crippen molar-refractivity contribution in [2.75, 3.05) is 0 Å². The lowest BCUT2D eigenvalue weighted by molar-refractivity contribution is 1.01. The molecule has 0 N–H and O–H groups in total. The molecule has 17 rings (SSSR count). The fraction of sp³-hybridized carbons (Fsp3) is 0. The predicted octanol–water partition coefficient (Wildman–Crippen LogP) is 20.5. The Balaban J connectivity index is 1.23. The van der Waals surface area contributed by atoms with E-state index in [2.05, 4.69) is 322 Å². The van der Waals surface area contributed by atoms with Crippen molar-refractivity contribution in [3.8, 4) is 79.4 Å². The normalized spacial score (nSPS) is 11.7. The van der Waals surface area contributed by atoms with Gasteiger partial charge < -0.3 is 18.3 Å². The van der Waals surface area contributed by atoms with Crippen molar-refractivity contribution < 1.29 is 0 Å². The Bertz CT molecular complexity index is 5060. The summed E-state index contributed by atoms with van der Waals surface area (Å²) < 4.78 is 9.54. The average Bonchev–Trinajstić information content (AvgIpc) is 1.51. The number of hydrogen-bond donors (Lipinski definition) is 0. The molecule has 0 unspecified atom stereocenters. The standard InChI is InChI=1S/C80H48N6/c81-49-67-68(50-82)78(86-75-57(53-29-9-3-10-30-53)39-23-43-65(75)66-44-24-40-58(76(66)86)54-31-11-4-12-32-54)80(84-71-47-19-15-35-61(71)62-36-16-20-48-72(62)84)79(83-69-45-17-13-33-59(69)60-34-14-18-46-70(60)83)77(67)85-73-55(51-25-5-1-6-26-51)37-21-41-63(73)64-42-22-38-56(74(64)85)52-27-7-2-8-28-52/h1-48H. The third kappa shape index (κ3) is 6.99. The maximum Gasteiger partial charge on any atom is 0.103 e. The van der Waals surface area contributed by atoms with Crippen molar-refractivity contribution >= 4 is 87.2 Å². The molecule has 0 aliphatic heterocycles. The van der Waals surface area contributed by atoms with E-state index in [-0.39, 0.29) is 11.1 Å². The SMILES string of the molecule is N#Cc1c(C#N)c(-n2c3c(-c4ccccc4)cccc3c3cccc(-c4ccccc4)c32)c(-n2c3ccccc3c3ccccc32)c(-n2c3ccccc3c3ccccc32)c1-n1c2c(-c3ccccc3)cccc2c2cccc(-c3ccccc3)c21. The molecule has 0 radical (unpaired) electrons. The maximum atomic E-state index is 12.9. The molecule has 17 aromatic rings. The van der Waals surface area contributed by atoms with Crippen LogP contribution in [0.5, 0.6) is 0 Å². The molecule has 0 bridgehead atoms. The number of nitriles is 2. The number of nitrogens with zero attached hydrogens (tertiary/aromatic N) is 6. The van der Waals surface area contributed by atoms with Crippen LogP contribution in [0.3, 0.4) is 0 Å². The first-order chi connectivity index (χ1) is 42.7. The van der Waals surface area contributed by atoms with Gasteiger partial charge in [-0.1, -0.05) is 267 Å². The van der Waals surface area contributed by atoms with Gasteiger partial charge in [0.1, 0.15) is 12.1 Å². The van der Waals surface area contributed by atoms with E-state index < -0.39 is 0 Å². The fourth-order valence-corrected chi connectivity index (χ4v) is 14.2. The van der Waals surface area contributed by atoms with Gasteiger partial charge in [0.25, 0.3) is 0 Å². The van der Waals surface area contributed by atoms with Gasteiger partial charge >= 0.3 is 0 Å². The zero-order valence-electron chi connectivity index (χ0n) is 46.4. The third-order valence-electron chi connectivity index (χ3n) is 17.6. The Labute approximate surface area is 495 Å². The Kier molecular flexibility index (Phi) is 11.0. The van der Waals surface area contributed by atoms with Crippen LogP contribution in [0, 0.1) is 22.7 Å². The summed E-state index contributed by atoms with van der Waals surface area (Å²) in [6.07, 6.45) is 0. The summed E-state index contributed by atoms with van der Waals surface area (Å²) in [7, 11) is 0. The fourth-order valence-electron chi connectivity index (χ4n) is 14.2. The molecule has 0 spiro atoms. The number of fused-ring (bicyclic) bond motifs is 12. The minimum atomic E-state index is 0.234. The number of para-hydroxylation sites is 8. The van der Waals surface area contributed by atoms with Gasteiger partial charge in [0, 0.05) is 65.3 Å². The van der Waals surface area contributed by atoms with Crippen molar-refractivity contribution in [3.63, 3.8) is 0 Å². The van der Waals surface area contributed by atoms with E-state index in [1.807, 2.05) is 0 Å². The van der Waals surface area contributed by atoms with Crippen molar-refractivity contribution in [3.05, 3.63) is 302 Å². The summed E-state index contributed by atoms with van der Waals surface area (Å²) >= 11 is 0. The number of hydrogen-bond acceptors (Lipinski definition) is 2. The average molecular weight is 1090 g/mol. The van der Waals surface area contributed by atoms with Crippen molar-refractivity contribution in [1.29, 1.82) is 10.5 Å². The number of aromatic nitrogens is 4. The number of rotatable bonds is 8. The molecule has 0 saturated carbocycles. The van der Waals surface area contributed by atoms with E-state index in [1.165, 1.54) is 0 Å². The summed E-state index contributed by atoms with van der Waals surface area (Å²) in [5.41, 5.74) is 18.5. The molecule has 4 aromatic heterocycles. The third-order valence-corrected chi connectivity index (χ3v) is 17.6. The topological polar surface area (TPSA) is 67.3 Å². The minimum absolute atomic E-state index is 0.234. The highest BCUT2D eigenvalue weighted by molar-refractivity contribution is 6.21. The molecule has 0 amide bonds. The summed E-state index contributed by atoms with van der Waals surface area (Å²) in [6.45, 7) is 0. The van der Waals surface area contributed by atoms with Crippen molar-refractivity contribution in [1.82, 2.24) is 18.3 Å². The smallest absolute Gasteiger partial charge is 0.103 e. The van der Waals surface area contributed by atoms with Crippen LogP contribution in [-0.2, 0) is 0 Å². The van der Waals surface area contributed by atoms with Gasteiger partial charge in [-0.2, -0.15) is 10.5 Å². The lowest BCUT2D eigenvalue weighted by Gasteiger charge is -2.28. The molecule has 13 aromatic carbocycles. The van der Waals surface area contributed by atoms with Gasteiger partial charge in [0.2, 0.25) is 0 Å². The van der Waals surface area contributed by atoms with Crippen molar-refractivity contribution in [2.45, 2.75) is 0 Å². The maximum absolute atomic E-state index is 12.9. The second-order valence-corrected chi connectivity index (χ2v) is 22.0. The molecule has 6 heteroatoms. The molecule has 0 saturated heterocycles. The molecular weight excluding hydrogens is 1040 g/mol. The molecule has 0 fully saturated rings. The van der Waals surface area contributed by atoms with Crippen LogP contribution in [-0.4, -0.2) is 18.3 Å². The van der Waals surface area contributed by atoms with Gasteiger partial charge in [0.15, 0.2) is 0 Å². The highest BCUT2D eigenvalue weighted by Gasteiger charge is 2.36. The Hall–Kier alpha value is -12.0. The van der Waals surface area contributed by atoms with Crippen molar-refractivity contribution in [2.24, 2.45) is 0 Å². The van der Waals surface area contributed by atoms with Gasteiger partial charge in [-0.25, -0.2) is 0 Å². The Morgan fingerprint density at radius 3 is 0.663 bits per heavy atom. The van der Waals surface area contributed by atoms with Gasteiger partial charge in [0.05, 0.1) is 78.0 Å². The molecule has 398 valence electrons. The first-order valence-electron chi connectivity index (χ1n) is 29.1. The van der Waals surface area contributed by atoms with Crippen LogP contribution in [0.15, 0.2) is 291 Å². The molecule has 0 aliphatic rings. The highest BCUT2D eigenvalue weighted by atomic mass is 15.1. The van der Waals surface area contributed by atoms with E-state index in [0.717, 1.165) is 143 Å². The summed E-state index contributed by atoms with van der Waals surface area (Å²) in [6, 6.07) is 109. The minimum Gasteiger partial charge on any atom is -0.305 e. The van der Waals surface area contributed by atoms with E-state index in [4.69, 9.17) is 0 Å². The van der Waals surface area contributed by atoms with E-state index in [9.17, 15) is 10.5 Å². The van der Waals surface area contributed by atoms with Gasteiger partial charge in [-0.15, -0.1) is 0 Å². The monoisotopic (exact) mass is 1090 g/mol. The second kappa shape index (κ2) is 19.3. The Morgan fingerprint density at radius 1 is 0.198 bits per heavy atom. The first-order valence-corrected chi connectivity index (χ1v) is 29.1. The largest absolute Gasteiger partial charge is 0.305 e. The molecule has 0 aliphatic carbocycles. The van der Waals surface area contributed by atoms with Crippen LogP contribution in [0.2, 0.25) is 0 Å². The zero-order valence-corrected chi connectivity index (χ0v) is 46.4. The van der Waals surface area contributed by atoms with E-state index >= 15 is 0 Å². The summed E-state index contributed by atoms with van der Waals surface area (Å²) in [4.78, 5) is 0. The van der Waals surface area contributed by atoms with Gasteiger partial charge in [-0.3, -0.25) is 0 Å². The van der Waals surface area contributed by atoms with E-state index in [0.29, 0.717) is 11.4 Å². The molecule has 4 heterocycles. The van der Waals surface area contributed by atoms with Crippen LogP contribution < -0.4 is 0 Å². The van der Waals surface area contributed by atoms with Crippen LogP contribution in [0.1, 0.15) is 11.1 Å². The lowest BCUT2D eigenvalue weighted by atomic mass is 9.96. The molecule has 0 atom stereocenters. The predicted molar refractivity (Wildman–Crippen MR) is 355 cm³/mol. The van der Waals surface area contributed by atoms with Crippen LogP contribution >= 0.6 is 0 Å². The van der Waals surface area contributed by atoms with E-state index in [1.54, 1.807) is 0 Å². The second-order valence-electron chi connectivity index (χ2n) is 22.0. The zero-order chi connectivity index (χ0) is 57.0.